The van der Waals surface area contributed by atoms with Crippen LogP contribution in [-0.2, 0) is 0 Å². The van der Waals surface area contributed by atoms with Gasteiger partial charge in [-0.15, -0.1) is 0 Å². The molecule has 0 radical (unpaired) electrons. The highest BCUT2D eigenvalue weighted by Crippen LogP contribution is 2.35. The molecule has 0 spiro atoms. The summed E-state index contributed by atoms with van der Waals surface area (Å²) in [5, 5.41) is 17.2. The number of hydrogen-bond donors (Lipinski definition) is 2. The molecule has 5 heteroatoms. The lowest BCUT2D eigenvalue weighted by Crippen LogP contribution is -2.48. The molecule has 0 saturated carbocycles. The first-order chi connectivity index (χ1) is 4.73. The first kappa shape index (κ1) is 10.7. The van der Waals surface area contributed by atoms with E-state index in [1.165, 1.54) is 0 Å². The standard InChI is InChI=1S/C6H11F3O2/c1-4(3-10)5(2,11)6(7,8)9/h4,10-11H,3H2,1-2H3/t4-,5+/m0/s1. The molecule has 2 nitrogen and oxygen atoms in total. The highest BCUT2D eigenvalue weighted by Gasteiger charge is 2.52. The smallest absolute Gasteiger partial charge is 0.396 e. The lowest BCUT2D eigenvalue weighted by atomic mass is 9.91. The summed E-state index contributed by atoms with van der Waals surface area (Å²) in [6.07, 6.45) is -4.69. The molecule has 68 valence electrons. The first-order valence-electron chi connectivity index (χ1n) is 3.13. The van der Waals surface area contributed by atoms with E-state index in [-0.39, 0.29) is 0 Å². The maximum Gasteiger partial charge on any atom is 0.417 e. The number of rotatable bonds is 2. The number of aliphatic hydroxyl groups is 2. The van der Waals surface area contributed by atoms with E-state index in [9.17, 15) is 13.2 Å². The molecule has 0 bridgehead atoms. The maximum absolute atomic E-state index is 11.9. The minimum Gasteiger partial charge on any atom is -0.396 e. The minimum absolute atomic E-state index is 0.647. The second-order valence-electron chi connectivity index (χ2n) is 2.73. The molecule has 0 rings (SSSR count). The molecule has 0 heterocycles. The van der Waals surface area contributed by atoms with Crippen LogP contribution in [0.3, 0.4) is 0 Å². The van der Waals surface area contributed by atoms with Crippen molar-refractivity contribution in [1.29, 1.82) is 0 Å². The van der Waals surface area contributed by atoms with E-state index in [0.29, 0.717) is 6.92 Å². The third-order valence-electron chi connectivity index (χ3n) is 1.81. The highest BCUT2D eigenvalue weighted by atomic mass is 19.4. The van der Waals surface area contributed by atoms with E-state index < -0.39 is 24.3 Å². The zero-order valence-corrected chi connectivity index (χ0v) is 6.31. The molecule has 0 fully saturated rings. The maximum atomic E-state index is 11.9. The average molecular weight is 172 g/mol. The lowest BCUT2D eigenvalue weighted by Gasteiger charge is -2.30. The Labute approximate surface area is 62.6 Å². The lowest BCUT2D eigenvalue weighted by molar-refractivity contribution is -0.272. The normalized spacial score (nSPS) is 21.0. The van der Waals surface area contributed by atoms with Gasteiger partial charge in [-0.05, 0) is 6.92 Å². The molecular formula is C6H11F3O2. The summed E-state index contributed by atoms with van der Waals surface area (Å²) in [7, 11) is 0. The Bertz CT molecular complexity index is 130. The molecule has 0 aliphatic heterocycles. The summed E-state index contributed by atoms with van der Waals surface area (Å²) in [6.45, 7) is 1.09. The van der Waals surface area contributed by atoms with Gasteiger partial charge in [-0.1, -0.05) is 6.92 Å². The Morgan fingerprint density at radius 2 is 1.73 bits per heavy atom. The Morgan fingerprint density at radius 1 is 1.36 bits per heavy atom. The van der Waals surface area contributed by atoms with E-state index in [2.05, 4.69) is 0 Å². The fraction of sp³-hybridized carbons (Fsp3) is 1.00. The SMILES string of the molecule is C[C@@H](CO)[C@@](C)(O)C(F)(F)F. The van der Waals surface area contributed by atoms with Gasteiger partial charge in [0.25, 0.3) is 0 Å². The summed E-state index contributed by atoms with van der Waals surface area (Å²) < 4.78 is 35.7. The topological polar surface area (TPSA) is 40.5 Å². The van der Waals surface area contributed by atoms with Gasteiger partial charge in [-0.25, -0.2) is 0 Å². The number of aliphatic hydroxyl groups excluding tert-OH is 1. The van der Waals surface area contributed by atoms with Crippen LogP contribution in [0.15, 0.2) is 0 Å². The fourth-order valence-electron chi connectivity index (χ4n) is 0.457. The van der Waals surface area contributed by atoms with Crippen molar-refractivity contribution >= 4 is 0 Å². The highest BCUT2D eigenvalue weighted by molar-refractivity contribution is 4.86. The van der Waals surface area contributed by atoms with Gasteiger partial charge in [-0.2, -0.15) is 13.2 Å². The quantitative estimate of drug-likeness (QED) is 0.650. The van der Waals surface area contributed by atoms with Crippen molar-refractivity contribution in [3.05, 3.63) is 0 Å². The Balaban J connectivity index is 4.45. The number of hydrogen-bond acceptors (Lipinski definition) is 2. The van der Waals surface area contributed by atoms with Crippen molar-refractivity contribution < 1.29 is 23.4 Å². The van der Waals surface area contributed by atoms with Gasteiger partial charge in [0.2, 0.25) is 0 Å². The molecule has 2 atom stereocenters. The molecule has 11 heavy (non-hydrogen) atoms. The summed E-state index contributed by atoms with van der Waals surface area (Å²) in [5.41, 5.74) is -2.80. The zero-order chi connectivity index (χ0) is 9.28. The van der Waals surface area contributed by atoms with E-state index >= 15 is 0 Å². The minimum atomic E-state index is -4.69. The Kier molecular flexibility index (Phi) is 2.91. The molecule has 0 saturated heterocycles. The van der Waals surface area contributed by atoms with Crippen LogP contribution < -0.4 is 0 Å². The second-order valence-corrected chi connectivity index (χ2v) is 2.73. The summed E-state index contributed by atoms with van der Waals surface area (Å²) in [5.74, 6) is -1.21. The molecule has 0 aliphatic rings. The molecule has 0 aromatic heterocycles. The summed E-state index contributed by atoms with van der Waals surface area (Å²) >= 11 is 0. The zero-order valence-electron chi connectivity index (χ0n) is 6.31. The van der Waals surface area contributed by atoms with Gasteiger partial charge >= 0.3 is 6.18 Å². The molecule has 0 aromatic rings. The van der Waals surface area contributed by atoms with Crippen molar-refractivity contribution in [2.24, 2.45) is 5.92 Å². The Morgan fingerprint density at radius 3 is 1.82 bits per heavy atom. The molecule has 0 aliphatic carbocycles. The van der Waals surface area contributed by atoms with Crippen molar-refractivity contribution in [3.63, 3.8) is 0 Å². The predicted molar refractivity (Wildman–Crippen MR) is 32.9 cm³/mol. The predicted octanol–water partition coefficient (Wildman–Crippen LogP) is 0.928. The van der Waals surface area contributed by atoms with Gasteiger partial charge in [0.15, 0.2) is 5.60 Å². The second kappa shape index (κ2) is 2.98. The van der Waals surface area contributed by atoms with E-state index in [4.69, 9.17) is 10.2 Å². The van der Waals surface area contributed by atoms with E-state index in [1.807, 2.05) is 0 Å². The Hall–Kier alpha value is -0.290. The molecule has 0 aromatic carbocycles. The van der Waals surface area contributed by atoms with Crippen LogP contribution in [0.25, 0.3) is 0 Å². The van der Waals surface area contributed by atoms with Crippen LogP contribution in [0.2, 0.25) is 0 Å². The van der Waals surface area contributed by atoms with Crippen LogP contribution in [0.4, 0.5) is 13.2 Å². The molecule has 2 N–H and O–H groups in total. The van der Waals surface area contributed by atoms with Crippen LogP contribution in [0.1, 0.15) is 13.8 Å². The third-order valence-corrected chi connectivity index (χ3v) is 1.81. The van der Waals surface area contributed by atoms with Crippen molar-refractivity contribution in [2.75, 3.05) is 6.61 Å². The van der Waals surface area contributed by atoms with Crippen LogP contribution >= 0.6 is 0 Å². The average Bonchev–Trinajstić information content (AvgIpc) is 1.83. The van der Waals surface area contributed by atoms with Gasteiger partial charge in [0.1, 0.15) is 0 Å². The van der Waals surface area contributed by atoms with E-state index in [0.717, 1.165) is 6.92 Å². The van der Waals surface area contributed by atoms with Crippen molar-refractivity contribution in [3.8, 4) is 0 Å². The molecule has 0 unspecified atom stereocenters. The third kappa shape index (κ3) is 2.07. The first-order valence-corrected chi connectivity index (χ1v) is 3.13. The van der Waals surface area contributed by atoms with Crippen LogP contribution in [0.5, 0.6) is 0 Å². The van der Waals surface area contributed by atoms with Gasteiger partial charge in [0, 0.05) is 12.5 Å². The van der Waals surface area contributed by atoms with Gasteiger partial charge < -0.3 is 10.2 Å². The monoisotopic (exact) mass is 172 g/mol. The van der Waals surface area contributed by atoms with Gasteiger partial charge in [-0.3, -0.25) is 0 Å². The van der Waals surface area contributed by atoms with Crippen molar-refractivity contribution in [2.45, 2.75) is 25.6 Å². The summed E-state index contributed by atoms with van der Waals surface area (Å²) in [4.78, 5) is 0. The molecular weight excluding hydrogens is 161 g/mol. The number of alkyl halides is 3. The van der Waals surface area contributed by atoms with E-state index in [1.54, 1.807) is 0 Å². The van der Waals surface area contributed by atoms with Crippen LogP contribution in [0, 0.1) is 5.92 Å². The largest absolute Gasteiger partial charge is 0.417 e. The fourth-order valence-corrected chi connectivity index (χ4v) is 0.457. The van der Waals surface area contributed by atoms with Crippen LogP contribution in [-0.4, -0.2) is 28.6 Å². The van der Waals surface area contributed by atoms with Gasteiger partial charge in [0.05, 0.1) is 0 Å². The number of halogens is 3. The molecule has 0 amide bonds. The van der Waals surface area contributed by atoms with Crippen molar-refractivity contribution in [1.82, 2.24) is 0 Å². The summed E-state index contributed by atoms with van der Waals surface area (Å²) in [6, 6.07) is 0.